The van der Waals surface area contributed by atoms with Gasteiger partial charge in [0.15, 0.2) is 0 Å². The van der Waals surface area contributed by atoms with Crippen molar-refractivity contribution >= 4 is 11.3 Å². The van der Waals surface area contributed by atoms with Crippen molar-refractivity contribution in [2.45, 2.75) is 39.7 Å². The second-order valence-electron chi connectivity index (χ2n) is 4.59. The second-order valence-corrected chi connectivity index (χ2v) is 5.56. The third kappa shape index (κ3) is 4.39. The molecule has 0 aliphatic heterocycles. The van der Waals surface area contributed by atoms with E-state index in [-0.39, 0.29) is 11.5 Å². The van der Waals surface area contributed by atoms with Gasteiger partial charge in [0, 0.05) is 17.5 Å². The molecule has 0 saturated carbocycles. The molecule has 0 bridgehead atoms. The molecule has 13 heavy (non-hydrogen) atoms. The lowest BCUT2D eigenvalue weighted by Crippen LogP contribution is -2.19. The summed E-state index contributed by atoms with van der Waals surface area (Å²) in [6.45, 7) is 6.43. The van der Waals surface area contributed by atoms with Crippen molar-refractivity contribution < 1.29 is 5.11 Å². The molecular formula is C10H17NOS. The minimum absolute atomic E-state index is 0.199. The zero-order valence-electron chi connectivity index (χ0n) is 8.45. The van der Waals surface area contributed by atoms with Crippen LogP contribution in [0.2, 0.25) is 0 Å². The van der Waals surface area contributed by atoms with Crippen LogP contribution in [0.25, 0.3) is 0 Å². The van der Waals surface area contributed by atoms with Gasteiger partial charge in [-0.15, -0.1) is 11.3 Å². The molecule has 1 rings (SSSR count). The summed E-state index contributed by atoms with van der Waals surface area (Å²) >= 11 is 1.61. The largest absolute Gasteiger partial charge is 0.393 e. The van der Waals surface area contributed by atoms with E-state index in [0.717, 1.165) is 17.7 Å². The first-order valence-corrected chi connectivity index (χ1v) is 5.41. The molecule has 3 heteroatoms. The van der Waals surface area contributed by atoms with Gasteiger partial charge in [-0.3, -0.25) is 4.98 Å². The fourth-order valence-electron chi connectivity index (χ4n) is 1.35. The maximum atomic E-state index is 9.74. The summed E-state index contributed by atoms with van der Waals surface area (Å²) in [4.78, 5) is 5.14. The van der Waals surface area contributed by atoms with E-state index in [9.17, 15) is 5.11 Å². The molecule has 1 N–H and O–H groups in total. The van der Waals surface area contributed by atoms with Crippen LogP contribution in [0.3, 0.4) is 0 Å². The van der Waals surface area contributed by atoms with E-state index in [1.807, 2.05) is 6.20 Å². The molecule has 0 aliphatic rings. The maximum absolute atomic E-state index is 9.74. The van der Waals surface area contributed by atoms with Gasteiger partial charge in [0.05, 0.1) is 11.6 Å². The smallest absolute Gasteiger partial charge is 0.0794 e. The lowest BCUT2D eigenvalue weighted by molar-refractivity contribution is 0.122. The van der Waals surface area contributed by atoms with Crippen LogP contribution in [0, 0.1) is 5.41 Å². The molecule has 0 aromatic carbocycles. The first-order valence-electron chi connectivity index (χ1n) is 4.53. The van der Waals surface area contributed by atoms with Gasteiger partial charge < -0.3 is 5.11 Å². The summed E-state index contributed by atoms with van der Waals surface area (Å²) in [5.74, 6) is 0. The van der Waals surface area contributed by atoms with Gasteiger partial charge in [-0.25, -0.2) is 0 Å². The Hall–Kier alpha value is -0.410. The highest BCUT2D eigenvalue weighted by molar-refractivity contribution is 7.09. The summed E-state index contributed by atoms with van der Waals surface area (Å²) in [6.07, 6.45) is 3.17. The molecule has 74 valence electrons. The first kappa shape index (κ1) is 10.7. The molecule has 2 nitrogen and oxygen atoms in total. The summed E-state index contributed by atoms with van der Waals surface area (Å²) < 4.78 is 0. The van der Waals surface area contributed by atoms with Crippen LogP contribution in [-0.2, 0) is 6.42 Å². The summed E-state index contributed by atoms with van der Waals surface area (Å²) in [6, 6.07) is 0. The van der Waals surface area contributed by atoms with E-state index in [1.54, 1.807) is 16.8 Å². The van der Waals surface area contributed by atoms with Crippen molar-refractivity contribution in [1.82, 2.24) is 4.98 Å². The van der Waals surface area contributed by atoms with E-state index in [4.69, 9.17) is 0 Å². The molecule has 0 spiro atoms. The molecule has 0 aliphatic carbocycles. The fraction of sp³-hybridized carbons (Fsp3) is 0.700. The van der Waals surface area contributed by atoms with Crippen LogP contribution < -0.4 is 0 Å². The Labute approximate surface area is 83.6 Å². The third-order valence-corrected chi connectivity index (χ3v) is 2.57. The molecular weight excluding hydrogens is 182 g/mol. The van der Waals surface area contributed by atoms with Crippen LogP contribution in [0.5, 0.6) is 0 Å². The van der Waals surface area contributed by atoms with E-state index in [2.05, 4.69) is 25.8 Å². The van der Waals surface area contributed by atoms with Crippen molar-refractivity contribution in [3.05, 3.63) is 16.6 Å². The van der Waals surface area contributed by atoms with Crippen LogP contribution in [0.4, 0.5) is 0 Å². The van der Waals surface area contributed by atoms with Gasteiger partial charge in [-0.05, 0) is 11.8 Å². The van der Waals surface area contributed by atoms with Gasteiger partial charge in [0.25, 0.3) is 0 Å². The predicted octanol–water partition coefficient (Wildman–Crippen LogP) is 2.48. The van der Waals surface area contributed by atoms with Gasteiger partial charge in [-0.2, -0.15) is 0 Å². The van der Waals surface area contributed by atoms with E-state index >= 15 is 0 Å². The average Bonchev–Trinajstić information content (AvgIpc) is 2.34. The Bertz CT molecular complexity index is 238. The predicted molar refractivity (Wildman–Crippen MR) is 55.9 cm³/mol. The van der Waals surface area contributed by atoms with E-state index in [1.165, 1.54) is 0 Å². The third-order valence-electron chi connectivity index (χ3n) is 1.77. The molecule has 0 fully saturated rings. The highest BCUT2D eigenvalue weighted by atomic mass is 32.1. The minimum atomic E-state index is -0.236. The van der Waals surface area contributed by atoms with E-state index in [0.29, 0.717) is 0 Å². The lowest BCUT2D eigenvalue weighted by atomic mass is 9.88. The van der Waals surface area contributed by atoms with Crippen molar-refractivity contribution in [1.29, 1.82) is 0 Å². The molecule has 1 atom stereocenters. The number of aliphatic hydroxyl groups excluding tert-OH is 1. The first-order chi connectivity index (χ1) is 5.97. The summed E-state index contributed by atoms with van der Waals surface area (Å²) in [5.41, 5.74) is 2.00. The number of aliphatic hydroxyl groups is 1. The van der Waals surface area contributed by atoms with Gasteiger partial charge in [0.2, 0.25) is 0 Å². The minimum Gasteiger partial charge on any atom is -0.393 e. The molecule has 0 saturated heterocycles. The maximum Gasteiger partial charge on any atom is 0.0794 e. The van der Waals surface area contributed by atoms with Gasteiger partial charge >= 0.3 is 0 Å². The summed E-state index contributed by atoms with van der Waals surface area (Å²) in [5, 5.41) is 9.74. The SMILES string of the molecule is CC(C)(C)CC(O)Cc1cncs1. The lowest BCUT2D eigenvalue weighted by Gasteiger charge is -2.21. The number of rotatable bonds is 3. The van der Waals surface area contributed by atoms with Crippen molar-refractivity contribution in [3.8, 4) is 0 Å². The average molecular weight is 199 g/mol. The molecule has 1 unspecified atom stereocenters. The van der Waals surface area contributed by atoms with Crippen LogP contribution in [0.1, 0.15) is 32.1 Å². The summed E-state index contributed by atoms with van der Waals surface area (Å²) in [7, 11) is 0. The molecule has 0 amide bonds. The Morgan fingerprint density at radius 1 is 1.54 bits per heavy atom. The van der Waals surface area contributed by atoms with Crippen molar-refractivity contribution in [2.24, 2.45) is 5.41 Å². The highest BCUT2D eigenvalue weighted by Crippen LogP contribution is 2.23. The molecule has 1 heterocycles. The number of nitrogens with zero attached hydrogens (tertiary/aromatic N) is 1. The monoisotopic (exact) mass is 199 g/mol. The Morgan fingerprint density at radius 3 is 2.69 bits per heavy atom. The van der Waals surface area contributed by atoms with Gasteiger partial charge in [-0.1, -0.05) is 20.8 Å². The standard InChI is InChI=1S/C10H17NOS/c1-10(2,3)5-8(12)4-9-6-11-7-13-9/h6-8,12H,4-5H2,1-3H3. The molecule has 0 radical (unpaired) electrons. The number of hydrogen-bond acceptors (Lipinski definition) is 3. The highest BCUT2D eigenvalue weighted by Gasteiger charge is 2.17. The van der Waals surface area contributed by atoms with Gasteiger partial charge in [0.1, 0.15) is 0 Å². The van der Waals surface area contributed by atoms with Crippen molar-refractivity contribution in [2.75, 3.05) is 0 Å². The Balaban J connectivity index is 2.38. The normalized spacial score (nSPS) is 14.5. The number of thiazole rings is 1. The Morgan fingerprint density at radius 2 is 2.23 bits per heavy atom. The Kier molecular flexibility index (Phi) is 3.45. The second kappa shape index (κ2) is 4.20. The van der Waals surface area contributed by atoms with Crippen LogP contribution in [-0.4, -0.2) is 16.2 Å². The number of aromatic nitrogens is 1. The topological polar surface area (TPSA) is 33.1 Å². The van der Waals surface area contributed by atoms with E-state index < -0.39 is 0 Å². The fourth-order valence-corrected chi connectivity index (χ4v) is 2.02. The quantitative estimate of drug-likeness (QED) is 0.811. The zero-order chi connectivity index (χ0) is 9.90. The zero-order valence-corrected chi connectivity index (χ0v) is 9.27. The molecule has 1 aromatic heterocycles. The number of hydrogen-bond donors (Lipinski definition) is 1. The van der Waals surface area contributed by atoms with Crippen LogP contribution >= 0.6 is 11.3 Å². The molecule has 1 aromatic rings. The van der Waals surface area contributed by atoms with Crippen LogP contribution in [0.15, 0.2) is 11.7 Å². The van der Waals surface area contributed by atoms with Crippen molar-refractivity contribution in [3.63, 3.8) is 0 Å².